The molecule has 2 aliphatic heterocycles. The number of halogens is 1. The Kier molecular flexibility index (Phi) is 6.72. The molecule has 1 saturated carbocycles. The maximum Gasteiger partial charge on any atom is 0.407 e. The number of aromatic nitrogens is 1. The second kappa shape index (κ2) is 9.73. The van der Waals surface area contributed by atoms with Gasteiger partial charge in [-0.15, -0.1) is 0 Å². The van der Waals surface area contributed by atoms with E-state index in [-0.39, 0.29) is 56.9 Å². The van der Waals surface area contributed by atoms with Crippen LogP contribution < -0.4 is 10.9 Å². The summed E-state index contributed by atoms with van der Waals surface area (Å²) in [4.78, 5) is 52.8. The quantitative estimate of drug-likeness (QED) is 0.521. The maximum atomic E-state index is 13.4. The number of carbonyl (C=O) groups is 3. The zero-order valence-electron chi connectivity index (χ0n) is 20.4. The van der Waals surface area contributed by atoms with Crippen molar-refractivity contribution in [2.75, 3.05) is 26.2 Å². The van der Waals surface area contributed by atoms with Crippen molar-refractivity contribution in [1.82, 2.24) is 19.7 Å². The zero-order chi connectivity index (χ0) is 27.2. The molecule has 2 aromatic rings. The lowest BCUT2D eigenvalue weighted by atomic mass is 10.1. The molecule has 0 radical (unpaired) electrons. The summed E-state index contributed by atoms with van der Waals surface area (Å²) in [6, 6.07) is 9.65. The van der Waals surface area contributed by atoms with Gasteiger partial charge in [0.05, 0.1) is 10.00 Å². The van der Waals surface area contributed by atoms with Gasteiger partial charge >= 0.3 is 6.09 Å². The lowest BCUT2D eigenvalue weighted by Gasteiger charge is -2.33. The van der Waals surface area contributed by atoms with Gasteiger partial charge in [-0.05, 0) is 49.1 Å². The van der Waals surface area contributed by atoms with Crippen molar-refractivity contribution in [3.8, 4) is 0 Å². The Hall–Kier alpha value is -3.38. The number of carboxylic acid groups (broad SMARTS) is 1. The van der Waals surface area contributed by atoms with E-state index in [1.54, 1.807) is 24.3 Å². The molecule has 5 rings (SSSR count). The smallest absolute Gasteiger partial charge is 0.407 e. The van der Waals surface area contributed by atoms with Crippen LogP contribution >= 0.6 is 11.6 Å². The Morgan fingerprint density at radius 3 is 2.39 bits per heavy atom. The minimum Gasteiger partial charge on any atom is -0.465 e. The summed E-state index contributed by atoms with van der Waals surface area (Å²) >= 11 is 5.87. The molecular weight excluding hydrogens is 536 g/mol. The standard InChI is InChI=1S/C25H27ClN4O7S/c26-17-3-1-16(2-4-17)13-27-21(31)19-5-6-20-23(33)29(11-12-30(20)22(19)32)15-25(8-9-25)38(36,37)18-7-10-28(14-18)24(34)35/h1-6,18H,7-15H2,(H,27,31)(H,34,35). The summed E-state index contributed by atoms with van der Waals surface area (Å²) in [5, 5.41) is 11.7. The molecule has 2 fully saturated rings. The third-order valence-electron chi connectivity index (χ3n) is 7.63. The minimum atomic E-state index is -3.68. The first-order chi connectivity index (χ1) is 18.0. The first-order valence-corrected chi connectivity index (χ1v) is 14.2. The van der Waals surface area contributed by atoms with Crippen LogP contribution in [-0.2, 0) is 22.9 Å². The van der Waals surface area contributed by atoms with Gasteiger partial charge in [-0.2, -0.15) is 0 Å². The van der Waals surface area contributed by atoms with Gasteiger partial charge in [-0.1, -0.05) is 23.7 Å². The second-order valence-corrected chi connectivity index (χ2v) is 13.1. The number of pyridine rings is 1. The van der Waals surface area contributed by atoms with E-state index in [1.165, 1.54) is 21.6 Å². The van der Waals surface area contributed by atoms with Gasteiger partial charge in [-0.3, -0.25) is 14.4 Å². The number of nitrogens with zero attached hydrogens (tertiary/aromatic N) is 3. The predicted molar refractivity (Wildman–Crippen MR) is 138 cm³/mol. The Balaban J connectivity index is 1.28. The van der Waals surface area contributed by atoms with Gasteiger partial charge in [0.15, 0.2) is 9.84 Å². The zero-order valence-corrected chi connectivity index (χ0v) is 22.0. The number of benzene rings is 1. The maximum absolute atomic E-state index is 13.4. The molecule has 3 amide bonds. The minimum absolute atomic E-state index is 0.00470. The van der Waals surface area contributed by atoms with Crippen LogP contribution in [0.15, 0.2) is 41.2 Å². The highest BCUT2D eigenvalue weighted by Crippen LogP contribution is 2.47. The van der Waals surface area contributed by atoms with Crippen molar-refractivity contribution in [3.05, 3.63) is 68.6 Å². The monoisotopic (exact) mass is 562 g/mol. The molecular formula is C25H27ClN4O7S. The molecule has 1 aromatic carbocycles. The van der Waals surface area contributed by atoms with Crippen LogP contribution in [0.2, 0.25) is 5.02 Å². The van der Waals surface area contributed by atoms with E-state index in [9.17, 15) is 32.7 Å². The van der Waals surface area contributed by atoms with Gasteiger partial charge in [0.1, 0.15) is 11.3 Å². The fraction of sp³-hybridized carbons (Fsp3) is 0.440. The van der Waals surface area contributed by atoms with E-state index in [1.807, 2.05) is 0 Å². The van der Waals surface area contributed by atoms with Crippen LogP contribution in [0.3, 0.4) is 0 Å². The van der Waals surface area contributed by atoms with Gasteiger partial charge in [0.25, 0.3) is 17.4 Å². The Labute approximate surface area is 223 Å². The molecule has 202 valence electrons. The largest absolute Gasteiger partial charge is 0.465 e. The summed E-state index contributed by atoms with van der Waals surface area (Å²) in [5.74, 6) is -1.04. The molecule has 11 nitrogen and oxygen atoms in total. The normalized spacial score (nSPS) is 20.2. The molecule has 3 heterocycles. The molecule has 38 heavy (non-hydrogen) atoms. The van der Waals surface area contributed by atoms with Crippen molar-refractivity contribution in [1.29, 1.82) is 0 Å². The molecule has 0 spiro atoms. The Morgan fingerprint density at radius 1 is 1.05 bits per heavy atom. The SMILES string of the molecule is O=C(NCc1ccc(Cl)cc1)c1ccc2n(c1=O)CCN(CC1(S(=O)(=O)C3CCN(C(=O)O)C3)CC1)C2=O. The summed E-state index contributed by atoms with van der Waals surface area (Å²) in [6.07, 6.45) is -0.0885. The van der Waals surface area contributed by atoms with Gasteiger partial charge in [0.2, 0.25) is 0 Å². The highest BCUT2D eigenvalue weighted by atomic mass is 35.5. The number of hydrogen-bond donors (Lipinski definition) is 2. The third kappa shape index (κ3) is 4.66. The van der Waals surface area contributed by atoms with E-state index >= 15 is 0 Å². The van der Waals surface area contributed by atoms with Crippen LogP contribution in [0, 0.1) is 0 Å². The van der Waals surface area contributed by atoms with E-state index < -0.39 is 43.3 Å². The number of nitrogens with one attached hydrogen (secondary N) is 1. The van der Waals surface area contributed by atoms with Crippen LogP contribution in [-0.4, -0.2) is 82.0 Å². The third-order valence-corrected chi connectivity index (χ3v) is 10.9. The van der Waals surface area contributed by atoms with E-state index in [0.29, 0.717) is 17.9 Å². The fourth-order valence-electron chi connectivity index (χ4n) is 5.20. The summed E-state index contributed by atoms with van der Waals surface area (Å²) in [5.41, 5.74) is 0.234. The van der Waals surface area contributed by atoms with Gasteiger partial charge in [-0.25, -0.2) is 13.2 Å². The molecule has 2 N–H and O–H groups in total. The van der Waals surface area contributed by atoms with Gasteiger partial charge in [0, 0.05) is 44.3 Å². The molecule has 1 aromatic heterocycles. The van der Waals surface area contributed by atoms with Crippen molar-refractivity contribution < 1.29 is 27.9 Å². The molecule has 13 heteroatoms. The van der Waals surface area contributed by atoms with Crippen LogP contribution in [0.1, 0.15) is 45.7 Å². The number of sulfone groups is 1. The summed E-state index contributed by atoms with van der Waals surface area (Å²) < 4.78 is 27.0. The second-order valence-electron chi connectivity index (χ2n) is 9.99. The number of carbonyl (C=O) groups excluding carboxylic acids is 2. The predicted octanol–water partition coefficient (Wildman–Crippen LogP) is 1.59. The summed E-state index contributed by atoms with van der Waals surface area (Å²) in [7, 11) is -3.68. The van der Waals surface area contributed by atoms with E-state index in [0.717, 1.165) is 10.5 Å². The first kappa shape index (κ1) is 26.2. The lowest BCUT2D eigenvalue weighted by Crippen LogP contribution is -2.51. The molecule has 0 bridgehead atoms. The summed E-state index contributed by atoms with van der Waals surface area (Å²) in [6.45, 7) is 0.564. The number of likely N-dealkylation sites (tertiary alicyclic amines) is 1. The van der Waals surface area contributed by atoms with Crippen molar-refractivity contribution in [2.24, 2.45) is 0 Å². The van der Waals surface area contributed by atoms with Crippen molar-refractivity contribution in [3.63, 3.8) is 0 Å². The van der Waals surface area contributed by atoms with Gasteiger partial charge < -0.3 is 24.8 Å². The number of hydrogen-bond acceptors (Lipinski definition) is 6. The highest BCUT2D eigenvalue weighted by Gasteiger charge is 2.59. The van der Waals surface area contributed by atoms with Crippen LogP contribution in [0.4, 0.5) is 4.79 Å². The number of rotatable bonds is 7. The van der Waals surface area contributed by atoms with E-state index in [2.05, 4.69) is 5.32 Å². The average Bonchev–Trinajstić information content (AvgIpc) is 3.50. The van der Waals surface area contributed by atoms with Crippen LogP contribution in [0.25, 0.3) is 0 Å². The highest BCUT2D eigenvalue weighted by molar-refractivity contribution is 7.93. The Bertz CT molecular complexity index is 1470. The molecule has 1 atom stereocenters. The van der Waals surface area contributed by atoms with Crippen LogP contribution in [0.5, 0.6) is 0 Å². The molecule has 1 aliphatic carbocycles. The number of fused-ring (bicyclic) bond motifs is 1. The number of amides is 3. The molecule has 1 saturated heterocycles. The lowest BCUT2D eigenvalue weighted by molar-refractivity contribution is 0.0694. The van der Waals surface area contributed by atoms with Crippen molar-refractivity contribution in [2.45, 2.75) is 42.3 Å². The fourth-order valence-corrected chi connectivity index (χ4v) is 7.84. The van der Waals surface area contributed by atoms with E-state index in [4.69, 9.17) is 11.6 Å². The Morgan fingerprint density at radius 2 is 1.76 bits per heavy atom. The van der Waals surface area contributed by atoms with Crippen molar-refractivity contribution >= 4 is 39.3 Å². The molecule has 3 aliphatic rings. The average molecular weight is 563 g/mol. The molecule has 1 unspecified atom stereocenters. The topological polar surface area (TPSA) is 146 Å². The first-order valence-electron chi connectivity index (χ1n) is 12.3.